The fourth-order valence-electron chi connectivity index (χ4n) is 2.56. The van der Waals surface area contributed by atoms with Crippen molar-refractivity contribution in [2.24, 2.45) is 5.92 Å². The second-order valence-corrected chi connectivity index (χ2v) is 6.34. The Morgan fingerprint density at radius 1 is 1.12 bits per heavy atom. The SMILES string of the molecule is Cc1ccc(OCC(=O)NNC(=S)NC(=O)C2CCCCC2)cc1. The molecule has 0 atom stereocenters. The Morgan fingerprint density at radius 3 is 2.46 bits per heavy atom. The molecule has 0 radical (unpaired) electrons. The van der Waals surface area contributed by atoms with E-state index in [0.29, 0.717) is 5.75 Å². The highest BCUT2D eigenvalue weighted by Crippen LogP contribution is 2.23. The predicted molar refractivity (Wildman–Crippen MR) is 95.3 cm³/mol. The van der Waals surface area contributed by atoms with Crippen LogP contribution in [0.1, 0.15) is 37.7 Å². The molecule has 7 heteroatoms. The van der Waals surface area contributed by atoms with Gasteiger partial charge in [0.15, 0.2) is 11.7 Å². The number of hydrazine groups is 1. The van der Waals surface area contributed by atoms with Crippen molar-refractivity contribution in [2.75, 3.05) is 6.61 Å². The second-order valence-electron chi connectivity index (χ2n) is 5.93. The number of aryl methyl sites for hydroxylation is 1. The lowest BCUT2D eigenvalue weighted by molar-refractivity contribution is -0.125. The third-order valence-corrected chi connectivity index (χ3v) is 4.12. The topological polar surface area (TPSA) is 79.5 Å². The van der Waals surface area contributed by atoms with Crippen LogP contribution in [0.25, 0.3) is 0 Å². The summed E-state index contributed by atoms with van der Waals surface area (Å²) in [5.74, 6) is 0.158. The quantitative estimate of drug-likeness (QED) is 0.572. The first-order valence-electron chi connectivity index (χ1n) is 8.14. The molecule has 1 aliphatic rings. The van der Waals surface area contributed by atoms with Crippen LogP contribution in [-0.2, 0) is 9.59 Å². The van der Waals surface area contributed by atoms with Gasteiger partial charge in [-0.2, -0.15) is 0 Å². The van der Waals surface area contributed by atoms with Crippen LogP contribution in [0.2, 0.25) is 0 Å². The molecule has 0 unspecified atom stereocenters. The van der Waals surface area contributed by atoms with E-state index in [2.05, 4.69) is 16.2 Å². The number of hydrogen-bond acceptors (Lipinski definition) is 4. The third-order valence-electron chi connectivity index (χ3n) is 3.92. The molecule has 0 saturated heterocycles. The van der Waals surface area contributed by atoms with Crippen LogP contribution >= 0.6 is 12.2 Å². The van der Waals surface area contributed by atoms with E-state index in [1.54, 1.807) is 12.1 Å². The molecule has 1 saturated carbocycles. The first-order valence-corrected chi connectivity index (χ1v) is 8.54. The molecule has 1 aromatic rings. The molecule has 24 heavy (non-hydrogen) atoms. The van der Waals surface area contributed by atoms with Gasteiger partial charge in [-0.1, -0.05) is 37.0 Å². The minimum Gasteiger partial charge on any atom is -0.484 e. The number of benzene rings is 1. The Hall–Kier alpha value is -2.15. The molecule has 2 rings (SSSR count). The Kier molecular flexibility index (Phi) is 6.99. The number of carbonyl (C=O) groups is 2. The molecule has 3 N–H and O–H groups in total. The maximum absolute atomic E-state index is 12.0. The third kappa shape index (κ3) is 6.16. The van der Waals surface area contributed by atoms with Gasteiger partial charge < -0.3 is 10.1 Å². The highest BCUT2D eigenvalue weighted by atomic mass is 32.1. The van der Waals surface area contributed by atoms with E-state index in [1.807, 2.05) is 19.1 Å². The highest BCUT2D eigenvalue weighted by Gasteiger charge is 2.21. The van der Waals surface area contributed by atoms with Crippen molar-refractivity contribution in [3.05, 3.63) is 29.8 Å². The summed E-state index contributed by atoms with van der Waals surface area (Å²) >= 11 is 5.01. The second kappa shape index (κ2) is 9.22. The van der Waals surface area contributed by atoms with Crippen LogP contribution in [-0.4, -0.2) is 23.5 Å². The predicted octanol–water partition coefficient (Wildman–Crippen LogP) is 1.98. The van der Waals surface area contributed by atoms with Gasteiger partial charge >= 0.3 is 0 Å². The molecule has 0 aliphatic heterocycles. The zero-order valence-corrected chi connectivity index (χ0v) is 14.6. The van der Waals surface area contributed by atoms with Crippen molar-refractivity contribution >= 4 is 29.1 Å². The van der Waals surface area contributed by atoms with E-state index in [0.717, 1.165) is 31.2 Å². The van der Waals surface area contributed by atoms with Gasteiger partial charge in [-0.3, -0.25) is 20.4 Å². The molecule has 0 heterocycles. The monoisotopic (exact) mass is 349 g/mol. The molecule has 1 aliphatic carbocycles. The number of ether oxygens (including phenoxy) is 1. The van der Waals surface area contributed by atoms with Crippen LogP contribution in [0.5, 0.6) is 5.75 Å². The Labute approximate surface area is 147 Å². The zero-order chi connectivity index (χ0) is 17.4. The Bertz CT molecular complexity index is 583. The number of rotatable bonds is 4. The van der Waals surface area contributed by atoms with Crippen LogP contribution in [0, 0.1) is 12.8 Å². The van der Waals surface area contributed by atoms with Crippen molar-refractivity contribution in [3.8, 4) is 5.75 Å². The van der Waals surface area contributed by atoms with Gasteiger partial charge in [-0.05, 0) is 44.1 Å². The van der Waals surface area contributed by atoms with Crippen molar-refractivity contribution < 1.29 is 14.3 Å². The molecule has 0 spiro atoms. The van der Waals surface area contributed by atoms with E-state index in [9.17, 15) is 9.59 Å². The molecular formula is C17H23N3O3S. The van der Waals surface area contributed by atoms with Gasteiger partial charge in [0.2, 0.25) is 5.91 Å². The van der Waals surface area contributed by atoms with E-state index in [4.69, 9.17) is 17.0 Å². The summed E-state index contributed by atoms with van der Waals surface area (Å²) in [5.41, 5.74) is 6.04. The summed E-state index contributed by atoms with van der Waals surface area (Å²) in [7, 11) is 0. The van der Waals surface area contributed by atoms with Gasteiger partial charge in [0.25, 0.3) is 5.91 Å². The molecule has 130 valence electrons. The number of thiocarbonyl (C=S) groups is 1. The standard InChI is InChI=1S/C17H23N3O3S/c1-12-7-9-14(10-8-12)23-11-15(21)19-20-17(24)18-16(22)13-5-3-2-4-6-13/h7-10,13H,2-6,11H2,1H3,(H,19,21)(H2,18,20,22,24). The average Bonchev–Trinajstić information content (AvgIpc) is 2.60. The normalized spacial score (nSPS) is 14.5. The van der Waals surface area contributed by atoms with Gasteiger partial charge in [-0.25, -0.2) is 0 Å². The average molecular weight is 349 g/mol. The molecule has 2 amide bonds. The summed E-state index contributed by atoms with van der Waals surface area (Å²) in [5, 5.41) is 2.70. The molecule has 0 aromatic heterocycles. The summed E-state index contributed by atoms with van der Waals surface area (Å²) in [6.45, 7) is 1.83. The molecular weight excluding hydrogens is 326 g/mol. The largest absolute Gasteiger partial charge is 0.484 e. The lowest BCUT2D eigenvalue weighted by Crippen LogP contribution is -2.50. The smallest absolute Gasteiger partial charge is 0.276 e. The van der Waals surface area contributed by atoms with Crippen molar-refractivity contribution in [3.63, 3.8) is 0 Å². The van der Waals surface area contributed by atoms with E-state index >= 15 is 0 Å². The van der Waals surface area contributed by atoms with Crippen LogP contribution in [0.3, 0.4) is 0 Å². The van der Waals surface area contributed by atoms with E-state index in [-0.39, 0.29) is 29.5 Å². The van der Waals surface area contributed by atoms with Crippen molar-refractivity contribution in [1.82, 2.24) is 16.2 Å². The number of nitrogens with one attached hydrogen (secondary N) is 3. The zero-order valence-electron chi connectivity index (χ0n) is 13.8. The van der Waals surface area contributed by atoms with E-state index < -0.39 is 0 Å². The van der Waals surface area contributed by atoms with Gasteiger partial charge in [0.1, 0.15) is 5.75 Å². The highest BCUT2D eigenvalue weighted by molar-refractivity contribution is 7.80. The minimum absolute atomic E-state index is 0.0130. The first-order chi connectivity index (χ1) is 11.5. The maximum Gasteiger partial charge on any atom is 0.276 e. The fourth-order valence-corrected chi connectivity index (χ4v) is 2.71. The Morgan fingerprint density at radius 2 is 1.79 bits per heavy atom. The molecule has 1 fully saturated rings. The number of amides is 2. The van der Waals surface area contributed by atoms with Gasteiger partial charge in [-0.15, -0.1) is 0 Å². The fraction of sp³-hybridized carbons (Fsp3) is 0.471. The molecule has 0 bridgehead atoms. The lowest BCUT2D eigenvalue weighted by atomic mass is 9.89. The van der Waals surface area contributed by atoms with Crippen molar-refractivity contribution in [1.29, 1.82) is 0 Å². The summed E-state index contributed by atoms with van der Waals surface area (Å²) < 4.78 is 5.35. The Balaban J connectivity index is 1.64. The van der Waals surface area contributed by atoms with Crippen molar-refractivity contribution in [2.45, 2.75) is 39.0 Å². The first kappa shape index (κ1) is 18.2. The minimum atomic E-state index is -0.384. The van der Waals surface area contributed by atoms with Gasteiger partial charge in [0.05, 0.1) is 0 Å². The van der Waals surface area contributed by atoms with Crippen LogP contribution in [0.15, 0.2) is 24.3 Å². The van der Waals surface area contributed by atoms with E-state index in [1.165, 1.54) is 6.42 Å². The number of carbonyl (C=O) groups excluding carboxylic acids is 2. The summed E-state index contributed by atoms with van der Waals surface area (Å²) in [6.07, 6.45) is 5.12. The molecule has 1 aromatic carbocycles. The van der Waals surface area contributed by atoms with Crippen LogP contribution in [0.4, 0.5) is 0 Å². The summed E-state index contributed by atoms with van der Waals surface area (Å²) in [4.78, 5) is 23.7. The summed E-state index contributed by atoms with van der Waals surface area (Å²) in [6, 6.07) is 7.40. The molecule has 6 nitrogen and oxygen atoms in total. The maximum atomic E-state index is 12.0. The van der Waals surface area contributed by atoms with Gasteiger partial charge in [0, 0.05) is 5.92 Å². The van der Waals surface area contributed by atoms with Crippen LogP contribution < -0.4 is 20.9 Å². The number of hydrogen-bond donors (Lipinski definition) is 3. The lowest BCUT2D eigenvalue weighted by Gasteiger charge is -2.21.